The van der Waals surface area contributed by atoms with Crippen LogP contribution in [0.25, 0.3) is 0 Å². The number of hydrogen-bond donors (Lipinski definition) is 1. The molecule has 0 amide bonds. The zero-order valence-corrected chi connectivity index (χ0v) is 13.4. The highest BCUT2D eigenvalue weighted by molar-refractivity contribution is 7.09. The van der Waals surface area contributed by atoms with E-state index in [0.29, 0.717) is 18.1 Å². The molecular formula is C16H21NO3S. The SMILES string of the molecule is CC(C)(C)c1csc(COc2ccccc2OCCO)n1. The Balaban J connectivity index is 2.01. The summed E-state index contributed by atoms with van der Waals surface area (Å²) in [5.74, 6) is 1.30. The van der Waals surface area contributed by atoms with Gasteiger partial charge >= 0.3 is 0 Å². The predicted molar refractivity (Wildman–Crippen MR) is 84.2 cm³/mol. The van der Waals surface area contributed by atoms with Crippen molar-refractivity contribution in [1.29, 1.82) is 0 Å². The van der Waals surface area contributed by atoms with E-state index in [9.17, 15) is 0 Å². The fourth-order valence-corrected chi connectivity index (χ4v) is 2.64. The summed E-state index contributed by atoms with van der Waals surface area (Å²) in [6, 6.07) is 7.45. The molecule has 4 nitrogen and oxygen atoms in total. The van der Waals surface area contributed by atoms with Crippen LogP contribution in [-0.4, -0.2) is 23.3 Å². The van der Waals surface area contributed by atoms with Crippen molar-refractivity contribution in [3.63, 3.8) is 0 Å². The first-order valence-electron chi connectivity index (χ1n) is 6.91. The summed E-state index contributed by atoms with van der Waals surface area (Å²) in [6.45, 7) is 7.09. The van der Waals surface area contributed by atoms with E-state index in [2.05, 4.69) is 31.1 Å². The molecule has 1 aromatic heterocycles. The van der Waals surface area contributed by atoms with E-state index >= 15 is 0 Å². The highest BCUT2D eigenvalue weighted by Gasteiger charge is 2.17. The zero-order valence-electron chi connectivity index (χ0n) is 12.6. The fourth-order valence-electron chi connectivity index (χ4n) is 1.71. The highest BCUT2D eigenvalue weighted by Crippen LogP contribution is 2.28. The van der Waals surface area contributed by atoms with Crippen LogP contribution >= 0.6 is 11.3 Å². The zero-order chi connectivity index (χ0) is 15.3. The van der Waals surface area contributed by atoms with E-state index in [4.69, 9.17) is 14.6 Å². The minimum absolute atomic E-state index is 0.0181. The van der Waals surface area contributed by atoms with Crippen LogP contribution in [-0.2, 0) is 12.0 Å². The maximum atomic E-state index is 8.83. The molecule has 114 valence electrons. The van der Waals surface area contributed by atoms with Crippen LogP contribution in [0.1, 0.15) is 31.5 Å². The van der Waals surface area contributed by atoms with Gasteiger partial charge < -0.3 is 14.6 Å². The maximum Gasteiger partial charge on any atom is 0.161 e. The summed E-state index contributed by atoms with van der Waals surface area (Å²) in [7, 11) is 0. The third-order valence-corrected chi connectivity index (χ3v) is 3.69. The highest BCUT2D eigenvalue weighted by atomic mass is 32.1. The Kier molecular flexibility index (Phi) is 5.20. The second-order valence-electron chi connectivity index (χ2n) is 5.68. The number of aromatic nitrogens is 1. The third-order valence-electron chi connectivity index (χ3n) is 2.87. The van der Waals surface area contributed by atoms with Crippen LogP contribution < -0.4 is 9.47 Å². The Bertz CT molecular complexity index is 575. The Morgan fingerprint density at radius 2 is 1.81 bits per heavy atom. The molecule has 2 rings (SSSR count). The summed E-state index contributed by atoms with van der Waals surface area (Å²) in [5, 5.41) is 11.8. The lowest BCUT2D eigenvalue weighted by Gasteiger charge is -2.14. The molecule has 0 saturated carbocycles. The molecule has 1 N–H and O–H groups in total. The minimum Gasteiger partial charge on any atom is -0.487 e. The molecule has 0 unspecified atom stereocenters. The van der Waals surface area contributed by atoms with Crippen molar-refractivity contribution in [1.82, 2.24) is 4.98 Å². The van der Waals surface area contributed by atoms with Crippen molar-refractivity contribution in [2.75, 3.05) is 13.2 Å². The van der Waals surface area contributed by atoms with Crippen molar-refractivity contribution in [3.8, 4) is 11.5 Å². The van der Waals surface area contributed by atoms with E-state index in [1.807, 2.05) is 24.3 Å². The average molecular weight is 307 g/mol. The van der Waals surface area contributed by atoms with E-state index in [1.54, 1.807) is 11.3 Å². The number of benzene rings is 1. The van der Waals surface area contributed by atoms with Gasteiger partial charge in [-0.25, -0.2) is 4.98 Å². The quantitative estimate of drug-likeness (QED) is 0.889. The number of hydrogen-bond acceptors (Lipinski definition) is 5. The van der Waals surface area contributed by atoms with Gasteiger partial charge in [-0.2, -0.15) is 0 Å². The minimum atomic E-state index is -0.0181. The first-order valence-corrected chi connectivity index (χ1v) is 7.79. The van der Waals surface area contributed by atoms with Gasteiger partial charge in [0, 0.05) is 10.8 Å². The molecule has 0 saturated heterocycles. The average Bonchev–Trinajstić information content (AvgIpc) is 2.92. The van der Waals surface area contributed by atoms with E-state index in [1.165, 1.54) is 0 Å². The number of aliphatic hydroxyl groups is 1. The van der Waals surface area contributed by atoms with Gasteiger partial charge in [-0.3, -0.25) is 0 Å². The van der Waals surface area contributed by atoms with Crippen molar-refractivity contribution in [2.45, 2.75) is 32.8 Å². The molecular weight excluding hydrogens is 286 g/mol. The number of para-hydroxylation sites is 2. The number of nitrogens with zero attached hydrogens (tertiary/aromatic N) is 1. The van der Waals surface area contributed by atoms with Gasteiger partial charge in [-0.05, 0) is 12.1 Å². The van der Waals surface area contributed by atoms with Crippen LogP contribution in [0.5, 0.6) is 11.5 Å². The van der Waals surface area contributed by atoms with Gasteiger partial charge in [0.15, 0.2) is 11.5 Å². The fraction of sp³-hybridized carbons (Fsp3) is 0.438. The Morgan fingerprint density at radius 1 is 1.14 bits per heavy atom. The number of ether oxygens (including phenoxy) is 2. The molecule has 0 aliphatic carbocycles. The molecule has 0 radical (unpaired) electrons. The molecule has 1 heterocycles. The number of aliphatic hydroxyl groups excluding tert-OH is 1. The lowest BCUT2D eigenvalue weighted by molar-refractivity contribution is 0.192. The van der Waals surface area contributed by atoms with Crippen LogP contribution in [0.15, 0.2) is 29.6 Å². The molecule has 21 heavy (non-hydrogen) atoms. The summed E-state index contributed by atoms with van der Waals surface area (Å²) in [4.78, 5) is 4.60. The first-order chi connectivity index (χ1) is 10.0. The van der Waals surface area contributed by atoms with Crippen LogP contribution in [0.3, 0.4) is 0 Å². The largest absolute Gasteiger partial charge is 0.487 e. The molecule has 0 spiro atoms. The molecule has 0 aliphatic rings. The smallest absolute Gasteiger partial charge is 0.161 e. The summed E-state index contributed by atoms with van der Waals surface area (Å²) in [6.07, 6.45) is 0. The lowest BCUT2D eigenvalue weighted by atomic mass is 9.93. The van der Waals surface area contributed by atoms with Gasteiger partial charge in [0.1, 0.15) is 18.2 Å². The van der Waals surface area contributed by atoms with E-state index in [0.717, 1.165) is 10.7 Å². The predicted octanol–water partition coefficient (Wildman–Crippen LogP) is 3.39. The van der Waals surface area contributed by atoms with Crippen molar-refractivity contribution in [2.24, 2.45) is 0 Å². The Morgan fingerprint density at radius 3 is 2.38 bits per heavy atom. The monoisotopic (exact) mass is 307 g/mol. The van der Waals surface area contributed by atoms with E-state index in [-0.39, 0.29) is 18.6 Å². The lowest BCUT2D eigenvalue weighted by Crippen LogP contribution is -2.11. The number of rotatable bonds is 6. The molecule has 2 aromatic rings. The van der Waals surface area contributed by atoms with Crippen molar-refractivity contribution in [3.05, 3.63) is 40.3 Å². The van der Waals surface area contributed by atoms with Crippen LogP contribution in [0, 0.1) is 0 Å². The first kappa shape index (κ1) is 15.8. The van der Waals surface area contributed by atoms with Gasteiger partial charge in [-0.15, -0.1) is 11.3 Å². The van der Waals surface area contributed by atoms with E-state index < -0.39 is 0 Å². The van der Waals surface area contributed by atoms with Gasteiger partial charge in [0.05, 0.1) is 12.3 Å². The molecule has 0 bridgehead atoms. The maximum absolute atomic E-state index is 8.83. The third kappa shape index (κ3) is 4.44. The molecule has 0 aliphatic heterocycles. The van der Waals surface area contributed by atoms with Crippen LogP contribution in [0.2, 0.25) is 0 Å². The molecule has 1 aromatic carbocycles. The number of thiazole rings is 1. The molecule has 0 atom stereocenters. The van der Waals surface area contributed by atoms with Crippen molar-refractivity contribution < 1.29 is 14.6 Å². The Labute approximate surface area is 129 Å². The second-order valence-corrected chi connectivity index (χ2v) is 6.63. The molecule has 5 heteroatoms. The van der Waals surface area contributed by atoms with Gasteiger partial charge in [-0.1, -0.05) is 32.9 Å². The second kappa shape index (κ2) is 6.91. The molecule has 0 fully saturated rings. The van der Waals surface area contributed by atoms with Crippen LogP contribution in [0.4, 0.5) is 0 Å². The summed E-state index contributed by atoms with van der Waals surface area (Å²) in [5.41, 5.74) is 1.13. The summed E-state index contributed by atoms with van der Waals surface area (Å²) < 4.78 is 11.2. The van der Waals surface area contributed by atoms with Crippen molar-refractivity contribution >= 4 is 11.3 Å². The normalized spacial score (nSPS) is 11.4. The Hall–Kier alpha value is -1.59. The van der Waals surface area contributed by atoms with Gasteiger partial charge in [0.2, 0.25) is 0 Å². The standard InChI is InChI=1S/C16H21NO3S/c1-16(2,3)14-11-21-15(17-14)10-20-13-7-5-4-6-12(13)19-9-8-18/h4-7,11,18H,8-10H2,1-3H3. The summed E-state index contributed by atoms with van der Waals surface area (Å²) >= 11 is 1.60. The van der Waals surface area contributed by atoms with Gasteiger partial charge in [0.25, 0.3) is 0 Å². The topological polar surface area (TPSA) is 51.6 Å².